The molecule has 0 N–H and O–H groups in total. The van der Waals surface area contributed by atoms with Crippen LogP contribution in [0.1, 0.15) is 23.6 Å². The van der Waals surface area contributed by atoms with Crippen molar-refractivity contribution in [3.8, 4) is 17.6 Å². The molecule has 0 radical (unpaired) electrons. The first-order valence-corrected chi connectivity index (χ1v) is 9.01. The van der Waals surface area contributed by atoms with Crippen LogP contribution in [0.5, 0.6) is 11.5 Å². The lowest BCUT2D eigenvalue weighted by molar-refractivity contribution is 0.269. The van der Waals surface area contributed by atoms with E-state index in [1.807, 2.05) is 43.3 Å². The van der Waals surface area contributed by atoms with Gasteiger partial charge < -0.3 is 9.47 Å². The largest absolute Gasteiger partial charge is 0.490 e. The summed E-state index contributed by atoms with van der Waals surface area (Å²) in [5.74, 6) is 0.772. The summed E-state index contributed by atoms with van der Waals surface area (Å²) in [6.07, 6.45) is 1.64. The Kier molecular flexibility index (Phi) is 6.43. The molecule has 0 amide bonds. The van der Waals surface area contributed by atoms with Gasteiger partial charge in [0.15, 0.2) is 11.5 Å². The molecule has 0 aliphatic heterocycles. The van der Waals surface area contributed by atoms with E-state index in [0.717, 1.165) is 11.1 Å². The van der Waals surface area contributed by atoms with Crippen molar-refractivity contribution >= 4 is 11.6 Å². The number of halogens is 1. The van der Waals surface area contributed by atoms with Gasteiger partial charge >= 0.3 is 0 Å². The van der Waals surface area contributed by atoms with Crippen molar-refractivity contribution in [3.05, 3.63) is 95.3 Å². The van der Waals surface area contributed by atoms with Crippen LogP contribution in [0, 0.1) is 17.1 Å². The predicted octanol–water partition coefficient (Wildman–Crippen LogP) is 5.87. The molecule has 0 bridgehead atoms. The third kappa shape index (κ3) is 4.77. The Morgan fingerprint density at radius 1 is 0.964 bits per heavy atom. The van der Waals surface area contributed by atoms with Crippen molar-refractivity contribution in [3.63, 3.8) is 0 Å². The minimum absolute atomic E-state index is 0.249. The molecule has 0 saturated heterocycles. The molecule has 28 heavy (non-hydrogen) atoms. The summed E-state index contributed by atoms with van der Waals surface area (Å²) in [6.45, 7) is 2.80. The van der Waals surface area contributed by atoms with Gasteiger partial charge in [0.2, 0.25) is 0 Å². The number of hydrogen-bond acceptors (Lipinski definition) is 3. The topological polar surface area (TPSA) is 42.2 Å². The zero-order valence-electron chi connectivity index (χ0n) is 15.6. The van der Waals surface area contributed by atoms with Gasteiger partial charge in [0.05, 0.1) is 18.2 Å². The summed E-state index contributed by atoms with van der Waals surface area (Å²) in [7, 11) is 0. The van der Waals surface area contributed by atoms with Crippen LogP contribution < -0.4 is 9.47 Å². The van der Waals surface area contributed by atoms with E-state index in [-0.39, 0.29) is 11.1 Å². The zero-order chi connectivity index (χ0) is 19.8. The monoisotopic (exact) mass is 373 g/mol. The Morgan fingerprint density at radius 2 is 1.71 bits per heavy atom. The van der Waals surface area contributed by atoms with Crippen LogP contribution in [-0.2, 0) is 6.61 Å². The van der Waals surface area contributed by atoms with E-state index in [9.17, 15) is 9.65 Å². The number of allylic oxidation sites excluding steroid dienone is 1. The number of nitriles is 1. The minimum Gasteiger partial charge on any atom is -0.490 e. The Hall–Kier alpha value is -3.58. The van der Waals surface area contributed by atoms with Gasteiger partial charge in [-0.3, -0.25) is 0 Å². The second-order valence-electron chi connectivity index (χ2n) is 6.06. The van der Waals surface area contributed by atoms with Gasteiger partial charge in [0.25, 0.3) is 0 Å². The van der Waals surface area contributed by atoms with E-state index in [2.05, 4.69) is 6.07 Å². The van der Waals surface area contributed by atoms with E-state index in [0.29, 0.717) is 24.7 Å². The lowest BCUT2D eigenvalue weighted by Crippen LogP contribution is -2.00. The van der Waals surface area contributed by atoms with Gasteiger partial charge in [0, 0.05) is 5.56 Å². The standard InChI is InChI=1S/C24H20FNO2/c1-2-27-24-15-19(14-20(16-26)21-10-6-7-11-22(21)25)12-13-23(24)28-17-18-8-4-3-5-9-18/h3-15H,2,17H2,1H3/b20-14-. The SMILES string of the molecule is CCOc1cc(/C=C(/C#N)c2ccccc2F)ccc1OCc1ccccc1. The lowest BCUT2D eigenvalue weighted by Gasteiger charge is -2.13. The van der Waals surface area contributed by atoms with Gasteiger partial charge in [-0.15, -0.1) is 0 Å². The molecule has 0 fully saturated rings. The smallest absolute Gasteiger partial charge is 0.161 e. The second-order valence-corrected chi connectivity index (χ2v) is 6.06. The molecule has 140 valence electrons. The van der Waals surface area contributed by atoms with Crippen LogP contribution in [0.15, 0.2) is 72.8 Å². The van der Waals surface area contributed by atoms with Crippen LogP contribution in [0.25, 0.3) is 11.6 Å². The van der Waals surface area contributed by atoms with E-state index in [4.69, 9.17) is 9.47 Å². The summed E-state index contributed by atoms with van der Waals surface area (Å²) < 4.78 is 25.6. The van der Waals surface area contributed by atoms with Crippen molar-refractivity contribution < 1.29 is 13.9 Å². The Balaban J connectivity index is 1.87. The van der Waals surface area contributed by atoms with Crippen molar-refractivity contribution in [2.45, 2.75) is 13.5 Å². The zero-order valence-corrected chi connectivity index (χ0v) is 15.6. The molecule has 0 heterocycles. The molecule has 3 rings (SSSR count). The average Bonchev–Trinajstić information content (AvgIpc) is 2.73. The number of benzene rings is 3. The fraction of sp³-hybridized carbons (Fsp3) is 0.125. The molecule has 4 heteroatoms. The molecule has 0 atom stereocenters. The highest BCUT2D eigenvalue weighted by atomic mass is 19.1. The second kappa shape index (κ2) is 9.38. The van der Waals surface area contributed by atoms with Crippen molar-refractivity contribution in [1.29, 1.82) is 5.26 Å². The fourth-order valence-electron chi connectivity index (χ4n) is 2.75. The number of nitrogens with zero attached hydrogens (tertiary/aromatic N) is 1. The molecule has 0 saturated carbocycles. The summed E-state index contributed by atoms with van der Waals surface area (Å²) >= 11 is 0. The molecule has 0 aromatic heterocycles. The predicted molar refractivity (Wildman–Crippen MR) is 108 cm³/mol. The molecule has 3 aromatic carbocycles. The van der Waals surface area contributed by atoms with Crippen LogP contribution in [0.4, 0.5) is 4.39 Å². The molecule has 3 nitrogen and oxygen atoms in total. The van der Waals surface area contributed by atoms with E-state index in [1.165, 1.54) is 6.07 Å². The van der Waals surface area contributed by atoms with Crippen LogP contribution in [0.2, 0.25) is 0 Å². The summed E-state index contributed by atoms with van der Waals surface area (Å²) in [4.78, 5) is 0. The normalized spacial score (nSPS) is 11.0. The van der Waals surface area contributed by atoms with E-state index < -0.39 is 5.82 Å². The summed E-state index contributed by atoms with van der Waals surface area (Å²) in [5.41, 5.74) is 2.31. The van der Waals surface area contributed by atoms with E-state index >= 15 is 0 Å². The highest BCUT2D eigenvalue weighted by Gasteiger charge is 2.10. The third-order valence-corrected chi connectivity index (χ3v) is 4.10. The quantitative estimate of drug-likeness (QED) is 0.384. The maximum Gasteiger partial charge on any atom is 0.161 e. The first-order valence-electron chi connectivity index (χ1n) is 9.01. The third-order valence-electron chi connectivity index (χ3n) is 4.10. The van der Waals surface area contributed by atoms with Gasteiger partial charge in [-0.05, 0) is 42.3 Å². The van der Waals surface area contributed by atoms with Crippen LogP contribution >= 0.6 is 0 Å². The molecular weight excluding hydrogens is 353 g/mol. The van der Waals surface area contributed by atoms with Crippen molar-refractivity contribution in [2.24, 2.45) is 0 Å². The molecule has 0 aliphatic carbocycles. The Bertz CT molecular complexity index is 1010. The molecule has 0 aliphatic rings. The van der Waals surface area contributed by atoms with Gasteiger partial charge in [-0.1, -0.05) is 54.6 Å². The molecule has 0 unspecified atom stereocenters. The first kappa shape index (κ1) is 19.2. The highest BCUT2D eigenvalue weighted by molar-refractivity contribution is 5.90. The van der Waals surface area contributed by atoms with E-state index in [1.54, 1.807) is 36.4 Å². The Morgan fingerprint density at radius 3 is 2.43 bits per heavy atom. The van der Waals surface area contributed by atoms with Crippen molar-refractivity contribution in [1.82, 2.24) is 0 Å². The summed E-state index contributed by atoms with van der Waals surface area (Å²) in [5, 5.41) is 9.46. The van der Waals surface area contributed by atoms with Gasteiger partial charge in [-0.25, -0.2) is 4.39 Å². The van der Waals surface area contributed by atoms with Crippen molar-refractivity contribution in [2.75, 3.05) is 6.61 Å². The fourth-order valence-corrected chi connectivity index (χ4v) is 2.75. The van der Waals surface area contributed by atoms with Crippen LogP contribution in [0.3, 0.4) is 0 Å². The summed E-state index contributed by atoms with van der Waals surface area (Å²) in [6, 6.07) is 23.6. The number of hydrogen-bond donors (Lipinski definition) is 0. The lowest BCUT2D eigenvalue weighted by atomic mass is 10.0. The average molecular weight is 373 g/mol. The molecular formula is C24H20FNO2. The maximum absolute atomic E-state index is 14.0. The Labute approximate surface area is 164 Å². The van der Waals surface area contributed by atoms with Gasteiger partial charge in [0.1, 0.15) is 12.4 Å². The molecule has 0 spiro atoms. The first-order chi connectivity index (χ1) is 13.7. The van der Waals surface area contributed by atoms with Crippen LogP contribution in [-0.4, -0.2) is 6.61 Å². The number of rotatable bonds is 7. The number of ether oxygens (including phenoxy) is 2. The minimum atomic E-state index is -0.428. The highest BCUT2D eigenvalue weighted by Crippen LogP contribution is 2.31. The van der Waals surface area contributed by atoms with Gasteiger partial charge in [-0.2, -0.15) is 5.26 Å². The maximum atomic E-state index is 14.0. The molecule has 3 aromatic rings.